The average Bonchev–Trinajstić information content (AvgIpc) is 2.80. The zero-order valence-corrected chi connectivity index (χ0v) is 13.4. The van der Waals surface area contributed by atoms with Crippen molar-refractivity contribution in [3.05, 3.63) is 10.6 Å². The van der Waals surface area contributed by atoms with Crippen LogP contribution in [-0.4, -0.2) is 49.7 Å². The van der Waals surface area contributed by atoms with E-state index < -0.39 is 0 Å². The Labute approximate surface area is 120 Å². The second kappa shape index (κ2) is 6.68. The summed E-state index contributed by atoms with van der Waals surface area (Å²) in [5.41, 5.74) is 1.17. The van der Waals surface area contributed by atoms with Crippen LogP contribution in [0.5, 0.6) is 0 Å². The Morgan fingerprint density at radius 2 is 2.11 bits per heavy atom. The molecule has 0 aliphatic carbocycles. The van der Waals surface area contributed by atoms with Crippen molar-refractivity contribution in [1.82, 2.24) is 15.2 Å². The lowest BCUT2D eigenvalue weighted by Crippen LogP contribution is -2.43. The van der Waals surface area contributed by atoms with Gasteiger partial charge in [-0.05, 0) is 33.4 Å². The molecule has 19 heavy (non-hydrogen) atoms. The van der Waals surface area contributed by atoms with Crippen LogP contribution in [0, 0.1) is 6.92 Å². The van der Waals surface area contributed by atoms with Crippen LogP contribution in [0.2, 0.25) is 0 Å². The van der Waals surface area contributed by atoms with Gasteiger partial charge in [0.15, 0.2) is 5.13 Å². The standard InChI is InChI=1S/C14H26N4S/c1-5-18-8-6-12(7-9-18)17(4)14-16-11(2)13(19-14)10-15-3/h12,15H,5-10H2,1-4H3. The van der Waals surface area contributed by atoms with Crippen LogP contribution in [0.4, 0.5) is 5.13 Å². The van der Waals surface area contributed by atoms with Gasteiger partial charge in [-0.1, -0.05) is 6.92 Å². The summed E-state index contributed by atoms with van der Waals surface area (Å²) in [7, 11) is 4.19. The lowest BCUT2D eigenvalue weighted by molar-refractivity contribution is 0.221. The van der Waals surface area contributed by atoms with E-state index >= 15 is 0 Å². The van der Waals surface area contributed by atoms with Gasteiger partial charge in [-0.3, -0.25) is 0 Å². The number of aryl methyl sites for hydroxylation is 1. The fourth-order valence-electron chi connectivity index (χ4n) is 2.67. The highest BCUT2D eigenvalue weighted by atomic mass is 32.1. The number of aromatic nitrogens is 1. The number of rotatable bonds is 5. The highest BCUT2D eigenvalue weighted by molar-refractivity contribution is 7.15. The van der Waals surface area contributed by atoms with Gasteiger partial charge in [-0.2, -0.15) is 0 Å². The van der Waals surface area contributed by atoms with Crippen LogP contribution >= 0.6 is 11.3 Å². The highest BCUT2D eigenvalue weighted by Crippen LogP contribution is 2.28. The molecule has 2 rings (SSSR count). The van der Waals surface area contributed by atoms with E-state index in [-0.39, 0.29) is 0 Å². The summed E-state index contributed by atoms with van der Waals surface area (Å²) < 4.78 is 0. The Hall–Kier alpha value is -0.650. The third-order valence-corrected chi connectivity index (χ3v) is 5.32. The SMILES string of the molecule is CCN1CCC(N(C)c2nc(C)c(CNC)s2)CC1. The summed E-state index contributed by atoms with van der Waals surface area (Å²) in [5.74, 6) is 0. The van der Waals surface area contributed by atoms with Crippen molar-refractivity contribution in [2.45, 2.75) is 39.3 Å². The largest absolute Gasteiger partial charge is 0.348 e. The summed E-state index contributed by atoms with van der Waals surface area (Å²) in [6.45, 7) is 8.90. The molecule has 1 aromatic heterocycles. The number of thiazole rings is 1. The molecule has 0 saturated carbocycles. The number of hydrogen-bond acceptors (Lipinski definition) is 5. The maximum absolute atomic E-state index is 4.73. The summed E-state index contributed by atoms with van der Waals surface area (Å²) >= 11 is 1.83. The van der Waals surface area contributed by atoms with Gasteiger partial charge in [-0.15, -0.1) is 11.3 Å². The Morgan fingerprint density at radius 1 is 1.42 bits per heavy atom. The molecule has 1 aliphatic heterocycles. The molecule has 1 aliphatic rings. The monoisotopic (exact) mass is 282 g/mol. The lowest BCUT2D eigenvalue weighted by Gasteiger charge is -2.36. The van der Waals surface area contributed by atoms with E-state index in [9.17, 15) is 0 Å². The molecule has 0 spiro atoms. The minimum atomic E-state index is 0.649. The van der Waals surface area contributed by atoms with E-state index in [1.807, 2.05) is 18.4 Å². The van der Waals surface area contributed by atoms with E-state index in [0.717, 1.165) is 6.54 Å². The third-order valence-electron chi connectivity index (χ3n) is 4.07. The number of nitrogens with one attached hydrogen (secondary N) is 1. The second-order valence-corrected chi connectivity index (χ2v) is 6.37. The first kappa shape index (κ1) is 14.8. The first-order valence-corrected chi connectivity index (χ1v) is 8.03. The molecule has 1 saturated heterocycles. The molecule has 108 valence electrons. The van der Waals surface area contributed by atoms with Gasteiger partial charge in [0.1, 0.15) is 0 Å². The molecule has 1 fully saturated rings. The molecule has 0 atom stereocenters. The summed E-state index contributed by atoms with van der Waals surface area (Å²) in [6, 6.07) is 0.649. The number of hydrogen-bond donors (Lipinski definition) is 1. The first-order valence-electron chi connectivity index (χ1n) is 7.21. The van der Waals surface area contributed by atoms with Gasteiger partial charge in [-0.25, -0.2) is 4.98 Å². The van der Waals surface area contributed by atoms with Gasteiger partial charge in [0, 0.05) is 37.6 Å². The molecule has 0 unspecified atom stereocenters. The second-order valence-electron chi connectivity index (χ2n) is 5.31. The molecule has 2 heterocycles. The van der Waals surface area contributed by atoms with Crippen LogP contribution in [0.3, 0.4) is 0 Å². The van der Waals surface area contributed by atoms with Crippen molar-refractivity contribution >= 4 is 16.5 Å². The molecule has 1 aromatic rings. The van der Waals surface area contributed by atoms with E-state index in [1.165, 1.54) is 48.2 Å². The number of nitrogens with zero attached hydrogens (tertiary/aromatic N) is 3. The van der Waals surface area contributed by atoms with Gasteiger partial charge in [0.25, 0.3) is 0 Å². The Morgan fingerprint density at radius 3 is 2.68 bits per heavy atom. The van der Waals surface area contributed by atoms with Gasteiger partial charge < -0.3 is 15.1 Å². The molecular weight excluding hydrogens is 256 g/mol. The Kier molecular flexibility index (Phi) is 5.19. The van der Waals surface area contributed by atoms with Gasteiger partial charge in [0.2, 0.25) is 0 Å². The maximum atomic E-state index is 4.73. The molecule has 0 bridgehead atoms. The zero-order valence-electron chi connectivity index (χ0n) is 12.6. The fourth-order valence-corrected chi connectivity index (χ4v) is 3.77. The third kappa shape index (κ3) is 3.46. The summed E-state index contributed by atoms with van der Waals surface area (Å²) in [6.07, 6.45) is 2.51. The van der Waals surface area contributed by atoms with E-state index in [4.69, 9.17) is 4.98 Å². The molecule has 5 heteroatoms. The smallest absolute Gasteiger partial charge is 0.185 e. The van der Waals surface area contributed by atoms with E-state index in [1.54, 1.807) is 0 Å². The number of likely N-dealkylation sites (tertiary alicyclic amines) is 1. The zero-order chi connectivity index (χ0) is 13.8. The molecule has 4 nitrogen and oxygen atoms in total. The van der Waals surface area contributed by atoms with Crippen LogP contribution in [0.25, 0.3) is 0 Å². The van der Waals surface area contributed by atoms with Crippen molar-refractivity contribution in [2.75, 3.05) is 38.6 Å². The van der Waals surface area contributed by atoms with Crippen molar-refractivity contribution in [1.29, 1.82) is 0 Å². The van der Waals surface area contributed by atoms with Crippen molar-refractivity contribution in [3.63, 3.8) is 0 Å². The van der Waals surface area contributed by atoms with E-state index in [2.05, 4.69) is 36.0 Å². The predicted molar refractivity (Wildman–Crippen MR) is 83.2 cm³/mol. The molecule has 0 aromatic carbocycles. The molecule has 0 amide bonds. The lowest BCUT2D eigenvalue weighted by atomic mass is 10.0. The summed E-state index contributed by atoms with van der Waals surface area (Å²) in [4.78, 5) is 11.0. The molecular formula is C14H26N4S. The number of piperidine rings is 1. The maximum Gasteiger partial charge on any atom is 0.185 e. The fraction of sp³-hybridized carbons (Fsp3) is 0.786. The average molecular weight is 282 g/mol. The number of anilines is 1. The van der Waals surface area contributed by atoms with Crippen molar-refractivity contribution in [3.8, 4) is 0 Å². The predicted octanol–water partition coefficient (Wildman–Crippen LogP) is 2.09. The van der Waals surface area contributed by atoms with Gasteiger partial charge >= 0.3 is 0 Å². The van der Waals surface area contributed by atoms with Crippen molar-refractivity contribution < 1.29 is 0 Å². The minimum Gasteiger partial charge on any atom is -0.348 e. The van der Waals surface area contributed by atoms with Crippen LogP contribution < -0.4 is 10.2 Å². The Balaban J connectivity index is 1.99. The summed E-state index contributed by atoms with van der Waals surface area (Å²) in [5, 5.41) is 4.39. The van der Waals surface area contributed by atoms with Crippen molar-refractivity contribution in [2.24, 2.45) is 0 Å². The van der Waals surface area contributed by atoms with Crippen LogP contribution in [0.1, 0.15) is 30.3 Å². The van der Waals surface area contributed by atoms with E-state index in [0.29, 0.717) is 6.04 Å². The first-order chi connectivity index (χ1) is 9.15. The molecule has 0 radical (unpaired) electrons. The Bertz CT molecular complexity index is 396. The molecule has 1 N–H and O–H groups in total. The van der Waals surface area contributed by atoms with Crippen LogP contribution in [-0.2, 0) is 6.54 Å². The minimum absolute atomic E-state index is 0.649. The normalized spacial score (nSPS) is 17.9. The van der Waals surface area contributed by atoms with Crippen LogP contribution in [0.15, 0.2) is 0 Å². The topological polar surface area (TPSA) is 31.4 Å². The quantitative estimate of drug-likeness (QED) is 0.896. The van der Waals surface area contributed by atoms with Gasteiger partial charge in [0.05, 0.1) is 5.69 Å². The highest BCUT2D eigenvalue weighted by Gasteiger charge is 2.23.